The Labute approximate surface area is 120 Å². The number of nitrogens with zero attached hydrogens (tertiary/aromatic N) is 1. The van der Waals surface area contributed by atoms with Crippen LogP contribution < -0.4 is 4.89 Å². The second kappa shape index (κ2) is 8.61. The molecule has 0 aromatic carbocycles. The van der Waals surface area contributed by atoms with Crippen molar-refractivity contribution in [3.05, 3.63) is 0 Å². The highest BCUT2D eigenvalue weighted by atomic mass is 31.2. The fourth-order valence-electron chi connectivity index (χ4n) is 1.54. The Bertz CT molecular complexity index is 343. The minimum Gasteiger partial charge on any atom is -0.776 e. The van der Waals surface area contributed by atoms with Gasteiger partial charge in [-0.25, -0.2) is 0 Å². The summed E-state index contributed by atoms with van der Waals surface area (Å²) in [4.78, 5) is 39.3. The van der Waals surface area contributed by atoms with Crippen molar-refractivity contribution in [3.8, 4) is 0 Å². The van der Waals surface area contributed by atoms with Gasteiger partial charge in [-0.2, -0.15) is 0 Å². The van der Waals surface area contributed by atoms with Gasteiger partial charge in [0.25, 0.3) is 0 Å². The molecular weight excluding hydrogens is 308 g/mol. The molecule has 0 aliphatic heterocycles. The Kier molecular flexibility index (Phi) is 9.69. The second-order valence-corrected chi connectivity index (χ2v) is 8.56. The summed E-state index contributed by atoms with van der Waals surface area (Å²) in [6.07, 6.45) is 2.09. The summed E-state index contributed by atoms with van der Waals surface area (Å²) < 4.78 is 22.1. The van der Waals surface area contributed by atoms with E-state index in [1.165, 1.54) is 0 Å². The summed E-state index contributed by atoms with van der Waals surface area (Å²) in [5.41, 5.74) is 0. The summed E-state index contributed by atoms with van der Waals surface area (Å²) in [6, 6.07) is 0. The van der Waals surface area contributed by atoms with Crippen LogP contribution in [0.25, 0.3) is 0 Å². The predicted octanol–water partition coefficient (Wildman–Crippen LogP) is 0.504. The normalized spacial score (nSPS) is 18.2. The van der Waals surface area contributed by atoms with E-state index in [1.54, 1.807) is 11.9 Å². The number of hydrogen-bond acceptors (Lipinski definition) is 5. The standard InChI is InChI=1S/C9H23NO7P2.CH4/c1-3-4-5-7-10(2)8-6-9(11,18(12,13)14)19(15,16)17;/h11H,3-8H2,1-2H3,(H2,12,13,14)(H2,15,16,17);1H4/p-1. The summed E-state index contributed by atoms with van der Waals surface area (Å²) in [7, 11) is -9.33. The van der Waals surface area contributed by atoms with Crippen molar-refractivity contribution in [1.82, 2.24) is 4.90 Å². The molecule has 124 valence electrons. The van der Waals surface area contributed by atoms with Gasteiger partial charge in [-0.1, -0.05) is 27.2 Å². The molecule has 0 aromatic rings. The molecule has 0 bridgehead atoms. The monoisotopic (exact) mass is 334 g/mol. The molecule has 4 N–H and O–H groups in total. The first-order valence-electron chi connectivity index (χ1n) is 5.96. The van der Waals surface area contributed by atoms with Crippen molar-refractivity contribution in [2.24, 2.45) is 0 Å². The van der Waals surface area contributed by atoms with Gasteiger partial charge >= 0.3 is 7.60 Å². The fourth-order valence-corrected chi connectivity index (χ4v) is 3.63. The Morgan fingerprint density at radius 2 is 1.65 bits per heavy atom. The molecule has 0 spiro atoms. The van der Waals surface area contributed by atoms with Crippen molar-refractivity contribution >= 4 is 15.2 Å². The lowest BCUT2D eigenvalue weighted by Gasteiger charge is -2.37. The largest absolute Gasteiger partial charge is 0.776 e. The number of aliphatic hydroxyl groups is 1. The van der Waals surface area contributed by atoms with Crippen LogP contribution in [0.1, 0.15) is 40.0 Å². The van der Waals surface area contributed by atoms with Crippen LogP contribution in [-0.4, -0.2) is 49.9 Å². The van der Waals surface area contributed by atoms with E-state index in [0.29, 0.717) is 6.54 Å². The van der Waals surface area contributed by atoms with E-state index in [4.69, 9.17) is 14.7 Å². The average Bonchev–Trinajstić information content (AvgIpc) is 2.23. The summed E-state index contributed by atoms with van der Waals surface area (Å²) in [6.45, 7) is 2.57. The molecule has 0 radical (unpaired) electrons. The van der Waals surface area contributed by atoms with Crippen LogP contribution in [0, 0.1) is 0 Å². The number of hydrogen-bond donors (Lipinski definition) is 4. The highest BCUT2D eigenvalue weighted by Gasteiger charge is 2.53. The van der Waals surface area contributed by atoms with E-state index in [1.807, 2.05) is 6.92 Å². The van der Waals surface area contributed by atoms with Gasteiger partial charge < -0.3 is 34.1 Å². The van der Waals surface area contributed by atoms with Crippen molar-refractivity contribution in [2.75, 3.05) is 20.1 Å². The third-order valence-corrected chi connectivity index (χ3v) is 6.72. The molecule has 0 aromatic heterocycles. The molecule has 0 saturated carbocycles. The topological polar surface area (TPSA) is 141 Å². The first-order valence-corrected chi connectivity index (χ1v) is 9.15. The third kappa shape index (κ3) is 6.33. The average molecular weight is 334 g/mol. The number of unbranched alkanes of at least 4 members (excludes halogenated alkanes) is 2. The Balaban J connectivity index is 0. The smallest absolute Gasteiger partial charge is 0.365 e. The van der Waals surface area contributed by atoms with Crippen molar-refractivity contribution in [3.63, 3.8) is 0 Å². The molecule has 0 rings (SSSR count). The van der Waals surface area contributed by atoms with Crippen molar-refractivity contribution in [1.29, 1.82) is 0 Å². The van der Waals surface area contributed by atoms with E-state index >= 15 is 0 Å². The van der Waals surface area contributed by atoms with E-state index in [0.717, 1.165) is 19.3 Å². The van der Waals surface area contributed by atoms with Crippen molar-refractivity contribution < 1.29 is 33.8 Å². The lowest BCUT2D eigenvalue weighted by atomic mass is 10.2. The van der Waals surface area contributed by atoms with Crippen LogP contribution >= 0.6 is 15.2 Å². The fraction of sp³-hybridized carbons (Fsp3) is 1.00. The minimum absolute atomic E-state index is 0. The molecular formula is C10H26NO7P2-. The quantitative estimate of drug-likeness (QED) is 0.353. The van der Waals surface area contributed by atoms with Crippen LogP contribution in [0.2, 0.25) is 0 Å². The van der Waals surface area contributed by atoms with Gasteiger partial charge in [0.15, 0.2) is 7.60 Å². The maximum Gasteiger partial charge on any atom is 0.365 e. The number of rotatable bonds is 9. The molecule has 8 nitrogen and oxygen atoms in total. The zero-order valence-electron chi connectivity index (χ0n) is 11.1. The molecule has 0 saturated heterocycles. The third-order valence-electron chi connectivity index (χ3n) is 2.89. The van der Waals surface area contributed by atoms with Crippen LogP contribution in [-0.2, 0) is 9.13 Å². The molecule has 0 aliphatic rings. The molecule has 0 fully saturated rings. The van der Waals surface area contributed by atoms with Gasteiger partial charge in [0.1, 0.15) is 0 Å². The van der Waals surface area contributed by atoms with Crippen LogP contribution in [0.5, 0.6) is 0 Å². The van der Waals surface area contributed by atoms with E-state index < -0.39 is 26.7 Å². The Morgan fingerprint density at radius 1 is 1.15 bits per heavy atom. The minimum atomic E-state index is -5.58. The van der Waals surface area contributed by atoms with Gasteiger partial charge in [0.2, 0.25) is 5.08 Å². The zero-order valence-corrected chi connectivity index (χ0v) is 12.9. The van der Waals surface area contributed by atoms with Crippen LogP contribution in [0.3, 0.4) is 0 Å². The van der Waals surface area contributed by atoms with E-state index in [-0.39, 0.29) is 14.0 Å². The molecule has 0 heterocycles. The zero-order chi connectivity index (χ0) is 15.3. The molecule has 10 heteroatoms. The summed E-state index contributed by atoms with van der Waals surface area (Å²) >= 11 is 0. The summed E-state index contributed by atoms with van der Waals surface area (Å²) in [5, 5.41) is 6.17. The van der Waals surface area contributed by atoms with Crippen LogP contribution in [0.4, 0.5) is 0 Å². The van der Waals surface area contributed by atoms with Crippen molar-refractivity contribution in [2.45, 2.75) is 45.1 Å². The highest BCUT2D eigenvalue weighted by molar-refractivity contribution is 7.71. The Hall–Kier alpha value is 0.220. The maximum absolute atomic E-state index is 11.1. The van der Waals surface area contributed by atoms with Gasteiger partial charge in [0.05, 0.1) is 0 Å². The van der Waals surface area contributed by atoms with Gasteiger partial charge in [0, 0.05) is 13.0 Å². The molecule has 2 unspecified atom stereocenters. The Morgan fingerprint density at radius 3 is 2.00 bits per heavy atom. The molecule has 0 aliphatic carbocycles. The molecule has 0 amide bonds. The second-order valence-electron chi connectivity index (χ2n) is 4.60. The van der Waals surface area contributed by atoms with Gasteiger partial charge in [-0.15, -0.1) is 0 Å². The lowest BCUT2D eigenvalue weighted by molar-refractivity contribution is -0.206. The predicted molar refractivity (Wildman–Crippen MR) is 75.2 cm³/mol. The van der Waals surface area contributed by atoms with Gasteiger partial charge in [-0.3, -0.25) is 4.57 Å². The SMILES string of the molecule is C.CCCCCN(C)CCC(O)(P(=O)([O-])O)P(=O)(O)O. The van der Waals surface area contributed by atoms with E-state index in [9.17, 15) is 19.1 Å². The highest BCUT2D eigenvalue weighted by Crippen LogP contribution is 2.66. The molecule has 20 heavy (non-hydrogen) atoms. The maximum atomic E-state index is 11.1. The van der Waals surface area contributed by atoms with Crippen LogP contribution in [0.15, 0.2) is 0 Å². The summed E-state index contributed by atoms with van der Waals surface area (Å²) in [5.74, 6) is 0. The van der Waals surface area contributed by atoms with Gasteiger partial charge in [-0.05, 0) is 20.0 Å². The molecule has 2 atom stereocenters. The first-order chi connectivity index (χ1) is 8.45. The van der Waals surface area contributed by atoms with E-state index in [2.05, 4.69) is 0 Å². The lowest BCUT2D eigenvalue weighted by Crippen LogP contribution is -2.37. The first kappa shape index (κ1) is 22.5.